The predicted molar refractivity (Wildman–Crippen MR) is 77.7 cm³/mol. The molecule has 0 aliphatic rings. The second-order valence-corrected chi connectivity index (χ2v) is 5.23. The zero-order valence-corrected chi connectivity index (χ0v) is 12.3. The van der Waals surface area contributed by atoms with Crippen LogP contribution in [0.15, 0.2) is 24.3 Å². The third-order valence-electron chi connectivity index (χ3n) is 3.58. The van der Waals surface area contributed by atoms with Crippen LogP contribution in [0.4, 0.5) is 0 Å². The Morgan fingerprint density at radius 3 is 2.26 bits per heavy atom. The van der Waals surface area contributed by atoms with Gasteiger partial charge in [-0.3, -0.25) is 0 Å². The topological polar surface area (TPSA) is 42.7 Å². The summed E-state index contributed by atoms with van der Waals surface area (Å²) in [6, 6.07) is 8.73. The highest BCUT2D eigenvalue weighted by molar-refractivity contribution is 5.37. The first kappa shape index (κ1) is 13.7. The Hall–Kier alpha value is -1.68. The maximum absolute atomic E-state index is 4.27. The van der Waals surface area contributed by atoms with Crippen LogP contribution in [-0.4, -0.2) is 22.0 Å². The highest BCUT2D eigenvalue weighted by Gasteiger charge is 2.14. The fourth-order valence-electron chi connectivity index (χ4n) is 2.12. The van der Waals surface area contributed by atoms with Crippen molar-refractivity contribution in [2.24, 2.45) is 0 Å². The van der Waals surface area contributed by atoms with Crippen molar-refractivity contribution in [2.45, 2.75) is 39.7 Å². The van der Waals surface area contributed by atoms with E-state index in [2.05, 4.69) is 67.6 Å². The molecule has 0 radical (unpaired) electrons. The van der Waals surface area contributed by atoms with E-state index < -0.39 is 0 Å². The molecule has 4 heteroatoms. The molecule has 2 rings (SSSR count). The summed E-state index contributed by atoms with van der Waals surface area (Å²) >= 11 is 0. The number of aromatic nitrogens is 3. The standard InChI is InChI=1S/C15H22N4/c1-10(2)13-6-8-14(9-7-13)19-12(4)15(17-18-19)11(3)16-5/h6-11,16H,1-5H3. The monoisotopic (exact) mass is 258 g/mol. The van der Waals surface area contributed by atoms with Crippen molar-refractivity contribution >= 4 is 0 Å². The average Bonchev–Trinajstić information content (AvgIpc) is 2.80. The van der Waals surface area contributed by atoms with E-state index in [9.17, 15) is 0 Å². The van der Waals surface area contributed by atoms with Gasteiger partial charge in [0.15, 0.2) is 0 Å². The number of benzene rings is 1. The Morgan fingerprint density at radius 1 is 1.11 bits per heavy atom. The van der Waals surface area contributed by atoms with Gasteiger partial charge in [-0.05, 0) is 44.5 Å². The molecule has 1 aromatic carbocycles. The molecule has 0 spiro atoms. The summed E-state index contributed by atoms with van der Waals surface area (Å²) in [5.74, 6) is 0.547. The van der Waals surface area contributed by atoms with Crippen LogP contribution >= 0.6 is 0 Å². The van der Waals surface area contributed by atoms with E-state index >= 15 is 0 Å². The van der Waals surface area contributed by atoms with Crippen LogP contribution in [0.2, 0.25) is 0 Å². The first-order valence-corrected chi connectivity index (χ1v) is 6.74. The van der Waals surface area contributed by atoms with Crippen molar-refractivity contribution in [3.8, 4) is 5.69 Å². The first-order valence-electron chi connectivity index (χ1n) is 6.74. The lowest BCUT2D eigenvalue weighted by atomic mass is 10.0. The van der Waals surface area contributed by atoms with Gasteiger partial charge in [0.1, 0.15) is 5.69 Å². The lowest BCUT2D eigenvalue weighted by Gasteiger charge is -2.09. The van der Waals surface area contributed by atoms with E-state index in [0.717, 1.165) is 17.1 Å². The summed E-state index contributed by atoms with van der Waals surface area (Å²) < 4.78 is 1.90. The molecule has 102 valence electrons. The second-order valence-electron chi connectivity index (χ2n) is 5.23. The molecule has 1 unspecified atom stereocenters. The van der Waals surface area contributed by atoms with E-state index in [-0.39, 0.29) is 6.04 Å². The molecule has 1 N–H and O–H groups in total. The molecule has 19 heavy (non-hydrogen) atoms. The minimum absolute atomic E-state index is 0.212. The van der Waals surface area contributed by atoms with E-state index in [1.54, 1.807) is 0 Å². The molecular weight excluding hydrogens is 236 g/mol. The Balaban J connectivity index is 2.34. The number of rotatable bonds is 4. The second kappa shape index (κ2) is 5.53. The number of hydrogen-bond acceptors (Lipinski definition) is 3. The van der Waals surface area contributed by atoms with Crippen LogP contribution in [0.25, 0.3) is 5.69 Å². The number of hydrogen-bond donors (Lipinski definition) is 1. The summed E-state index contributed by atoms with van der Waals surface area (Å²) in [4.78, 5) is 0. The molecule has 0 bridgehead atoms. The molecule has 0 aliphatic carbocycles. The van der Waals surface area contributed by atoms with Crippen LogP contribution < -0.4 is 5.32 Å². The molecule has 1 aromatic heterocycles. The van der Waals surface area contributed by atoms with Crippen LogP contribution in [0.5, 0.6) is 0 Å². The van der Waals surface area contributed by atoms with Gasteiger partial charge in [-0.1, -0.05) is 31.2 Å². The van der Waals surface area contributed by atoms with E-state index in [4.69, 9.17) is 0 Å². The summed E-state index contributed by atoms with van der Waals surface area (Å²) in [6.45, 7) is 8.54. The van der Waals surface area contributed by atoms with Crippen LogP contribution in [0, 0.1) is 6.92 Å². The van der Waals surface area contributed by atoms with Gasteiger partial charge >= 0.3 is 0 Å². The molecule has 2 aromatic rings. The predicted octanol–water partition coefficient (Wildman–Crippen LogP) is 2.98. The zero-order chi connectivity index (χ0) is 14.0. The van der Waals surface area contributed by atoms with Gasteiger partial charge in [-0.2, -0.15) is 0 Å². The normalized spacial score (nSPS) is 12.9. The van der Waals surface area contributed by atoms with Gasteiger partial charge < -0.3 is 5.32 Å². The van der Waals surface area contributed by atoms with Crippen molar-refractivity contribution in [1.82, 2.24) is 20.3 Å². The van der Waals surface area contributed by atoms with Crippen LogP contribution in [-0.2, 0) is 0 Å². The van der Waals surface area contributed by atoms with Crippen molar-refractivity contribution in [1.29, 1.82) is 0 Å². The third kappa shape index (κ3) is 2.68. The molecule has 4 nitrogen and oxygen atoms in total. The van der Waals surface area contributed by atoms with Gasteiger partial charge in [0, 0.05) is 0 Å². The van der Waals surface area contributed by atoms with Gasteiger partial charge in [0.2, 0.25) is 0 Å². The largest absolute Gasteiger partial charge is 0.312 e. The highest BCUT2D eigenvalue weighted by Crippen LogP contribution is 2.20. The molecule has 0 saturated heterocycles. The summed E-state index contributed by atoms with van der Waals surface area (Å²) in [5, 5.41) is 11.7. The first-order chi connectivity index (χ1) is 9.04. The number of nitrogens with one attached hydrogen (secondary N) is 1. The van der Waals surface area contributed by atoms with Crippen LogP contribution in [0.1, 0.15) is 49.7 Å². The minimum atomic E-state index is 0.212. The highest BCUT2D eigenvalue weighted by atomic mass is 15.4. The van der Waals surface area contributed by atoms with Gasteiger partial charge in [-0.15, -0.1) is 5.10 Å². The Kier molecular flexibility index (Phi) is 4.00. The Morgan fingerprint density at radius 2 is 1.74 bits per heavy atom. The lowest BCUT2D eigenvalue weighted by molar-refractivity contribution is 0.627. The fourth-order valence-corrected chi connectivity index (χ4v) is 2.12. The van der Waals surface area contributed by atoms with Crippen molar-refractivity contribution in [3.05, 3.63) is 41.2 Å². The van der Waals surface area contributed by atoms with Gasteiger partial charge in [0.25, 0.3) is 0 Å². The van der Waals surface area contributed by atoms with Crippen molar-refractivity contribution in [2.75, 3.05) is 7.05 Å². The maximum atomic E-state index is 4.27. The maximum Gasteiger partial charge on any atom is 0.103 e. The quantitative estimate of drug-likeness (QED) is 0.916. The molecule has 0 fully saturated rings. The SMILES string of the molecule is CNC(C)c1nnn(-c2ccc(C(C)C)cc2)c1C. The molecule has 0 saturated carbocycles. The van der Waals surface area contributed by atoms with E-state index in [1.165, 1.54) is 5.56 Å². The van der Waals surface area contributed by atoms with Gasteiger partial charge in [0.05, 0.1) is 17.4 Å². The van der Waals surface area contributed by atoms with Crippen molar-refractivity contribution < 1.29 is 0 Å². The molecule has 1 atom stereocenters. The minimum Gasteiger partial charge on any atom is -0.312 e. The fraction of sp³-hybridized carbons (Fsp3) is 0.467. The summed E-state index contributed by atoms with van der Waals surface area (Å²) in [5.41, 5.74) is 4.48. The number of nitrogens with zero attached hydrogens (tertiary/aromatic N) is 3. The zero-order valence-electron chi connectivity index (χ0n) is 12.3. The Labute approximate surface area is 114 Å². The Bertz CT molecular complexity index is 540. The smallest absolute Gasteiger partial charge is 0.103 e. The van der Waals surface area contributed by atoms with Gasteiger partial charge in [-0.25, -0.2) is 4.68 Å². The summed E-state index contributed by atoms with van der Waals surface area (Å²) in [7, 11) is 1.93. The molecule has 0 amide bonds. The van der Waals surface area contributed by atoms with E-state index in [0.29, 0.717) is 5.92 Å². The van der Waals surface area contributed by atoms with Crippen LogP contribution in [0.3, 0.4) is 0 Å². The third-order valence-corrected chi connectivity index (χ3v) is 3.58. The van der Waals surface area contributed by atoms with E-state index in [1.807, 2.05) is 11.7 Å². The van der Waals surface area contributed by atoms with Crippen molar-refractivity contribution in [3.63, 3.8) is 0 Å². The molecule has 0 aliphatic heterocycles. The molecular formula is C15H22N4. The lowest BCUT2D eigenvalue weighted by Crippen LogP contribution is -2.14. The summed E-state index contributed by atoms with van der Waals surface area (Å²) in [6.07, 6.45) is 0. The molecule has 1 heterocycles. The average molecular weight is 258 g/mol.